The Morgan fingerprint density at radius 2 is 1.88 bits per heavy atom. The second kappa shape index (κ2) is 6.77. The number of rotatable bonds is 3. The second-order valence-electron chi connectivity index (χ2n) is 9.52. The van der Waals surface area contributed by atoms with Gasteiger partial charge < -0.3 is 20.5 Å². The Morgan fingerprint density at radius 1 is 1.19 bits per heavy atom. The number of nitro benzene ring substituents is 1. The normalized spacial score (nSPS) is 23.3. The lowest BCUT2D eigenvalue weighted by atomic mass is 9.82. The zero-order valence-electron chi connectivity index (χ0n) is 18.5. The summed E-state index contributed by atoms with van der Waals surface area (Å²) >= 11 is 0. The Morgan fingerprint density at radius 3 is 2.47 bits per heavy atom. The van der Waals surface area contributed by atoms with Crippen molar-refractivity contribution in [3.05, 3.63) is 68.8 Å². The summed E-state index contributed by atoms with van der Waals surface area (Å²) < 4.78 is 5.94. The lowest BCUT2D eigenvalue weighted by Gasteiger charge is -2.35. The van der Waals surface area contributed by atoms with E-state index in [9.17, 15) is 24.8 Å². The first kappa shape index (κ1) is 21.8. The van der Waals surface area contributed by atoms with Crippen LogP contribution in [-0.2, 0) is 11.3 Å². The number of ketones is 1. The van der Waals surface area contributed by atoms with Crippen LogP contribution in [-0.4, -0.2) is 27.4 Å². The molecular formula is C23H25N3O6. The summed E-state index contributed by atoms with van der Waals surface area (Å²) in [4.78, 5) is 37.7. The standard InChI is InChI=1S/C23H25N3O6/c1-12(2)13-9-10-14-17(11-13)32-23(29)15-7-6-8-16(26(30)31)18(15)19(27)22(14,23)25-20(28)24-21(3,4)5/h6-12,29H,1-5H3,(H2,24,25,28). The fraction of sp³-hybridized carbons (Fsp3) is 0.391. The van der Waals surface area contributed by atoms with E-state index in [0.29, 0.717) is 0 Å². The molecule has 2 aromatic carbocycles. The Labute approximate surface area is 184 Å². The third-order valence-corrected chi connectivity index (χ3v) is 5.80. The third-order valence-electron chi connectivity index (χ3n) is 5.80. The highest BCUT2D eigenvalue weighted by Gasteiger charge is 2.73. The van der Waals surface area contributed by atoms with Gasteiger partial charge in [-0.3, -0.25) is 14.9 Å². The molecule has 0 bridgehead atoms. The number of amides is 2. The van der Waals surface area contributed by atoms with Crippen molar-refractivity contribution in [3.63, 3.8) is 0 Å². The lowest BCUT2D eigenvalue weighted by Crippen LogP contribution is -2.63. The SMILES string of the molecule is CC(C)c1ccc2c(c1)OC1(O)c3cccc([N+](=O)[O-])c3C(=O)C21NC(=O)NC(C)(C)C. The van der Waals surface area contributed by atoms with Gasteiger partial charge in [0.15, 0.2) is 0 Å². The number of hydrogen-bond donors (Lipinski definition) is 3. The van der Waals surface area contributed by atoms with Crippen LogP contribution in [0.4, 0.5) is 10.5 Å². The monoisotopic (exact) mass is 439 g/mol. The minimum atomic E-state index is -2.35. The van der Waals surface area contributed by atoms with E-state index < -0.39 is 39.3 Å². The average Bonchev–Trinajstić information content (AvgIpc) is 3.03. The molecular weight excluding hydrogens is 414 g/mol. The predicted octanol–water partition coefficient (Wildman–Crippen LogP) is 3.45. The molecule has 2 aromatic rings. The maximum Gasteiger partial charge on any atom is 0.316 e. The van der Waals surface area contributed by atoms with Crippen molar-refractivity contribution in [2.24, 2.45) is 0 Å². The molecule has 1 aliphatic heterocycles. The van der Waals surface area contributed by atoms with Crippen molar-refractivity contribution in [1.82, 2.24) is 10.6 Å². The smallest absolute Gasteiger partial charge is 0.316 e. The van der Waals surface area contributed by atoms with Crippen molar-refractivity contribution < 1.29 is 24.4 Å². The third kappa shape index (κ3) is 2.88. The average molecular weight is 439 g/mol. The number of nitro groups is 1. The minimum absolute atomic E-state index is 0.0601. The van der Waals surface area contributed by atoms with Gasteiger partial charge in [0.05, 0.1) is 4.92 Å². The molecule has 9 nitrogen and oxygen atoms in total. The van der Waals surface area contributed by atoms with E-state index >= 15 is 0 Å². The van der Waals surface area contributed by atoms with Crippen LogP contribution in [0.2, 0.25) is 0 Å². The molecule has 4 rings (SSSR count). The Balaban J connectivity index is 1.96. The van der Waals surface area contributed by atoms with Crippen LogP contribution >= 0.6 is 0 Å². The van der Waals surface area contributed by atoms with Crippen molar-refractivity contribution >= 4 is 17.5 Å². The van der Waals surface area contributed by atoms with E-state index in [1.54, 1.807) is 39.0 Å². The van der Waals surface area contributed by atoms with Gasteiger partial charge in [0.2, 0.25) is 11.3 Å². The van der Waals surface area contributed by atoms with Crippen molar-refractivity contribution in [1.29, 1.82) is 0 Å². The van der Waals surface area contributed by atoms with Gasteiger partial charge in [-0.05, 0) is 38.3 Å². The van der Waals surface area contributed by atoms with Crippen LogP contribution in [0.25, 0.3) is 0 Å². The molecule has 0 saturated heterocycles. The number of carbonyl (C=O) groups is 2. The number of nitrogens with zero attached hydrogens (tertiary/aromatic N) is 1. The summed E-state index contributed by atoms with van der Waals surface area (Å²) in [5, 5.41) is 28.8. The highest BCUT2D eigenvalue weighted by Crippen LogP contribution is 2.59. The van der Waals surface area contributed by atoms with Crippen LogP contribution in [0.15, 0.2) is 36.4 Å². The summed E-state index contributed by atoms with van der Waals surface area (Å²) in [6.07, 6.45) is 0. The molecule has 0 saturated carbocycles. The van der Waals surface area contributed by atoms with E-state index in [0.717, 1.165) is 5.56 Å². The zero-order chi connectivity index (χ0) is 23.6. The number of ether oxygens (including phenoxy) is 1. The van der Waals surface area contributed by atoms with E-state index in [2.05, 4.69) is 10.6 Å². The van der Waals surface area contributed by atoms with Gasteiger partial charge in [-0.1, -0.05) is 38.1 Å². The molecule has 3 N–H and O–H groups in total. The van der Waals surface area contributed by atoms with E-state index in [1.807, 2.05) is 13.8 Å². The Kier molecular flexibility index (Phi) is 4.60. The van der Waals surface area contributed by atoms with E-state index in [-0.39, 0.29) is 28.4 Å². The van der Waals surface area contributed by atoms with Crippen LogP contribution in [0.5, 0.6) is 5.75 Å². The number of aliphatic hydroxyl groups is 1. The molecule has 0 aromatic heterocycles. The molecule has 0 radical (unpaired) electrons. The number of carbonyl (C=O) groups excluding carboxylic acids is 2. The van der Waals surface area contributed by atoms with Crippen LogP contribution < -0.4 is 15.4 Å². The molecule has 9 heteroatoms. The summed E-state index contributed by atoms with van der Waals surface area (Å²) in [5.41, 5.74) is -2.37. The molecule has 1 heterocycles. The van der Waals surface area contributed by atoms with Gasteiger partial charge in [0, 0.05) is 22.7 Å². The molecule has 32 heavy (non-hydrogen) atoms. The quantitative estimate of drug-likeness (QED) is 0.496. The van der Waals surface area contributed by atoms with Crippen molar-refractivity contribution in [2.45, 2.75) is 57.4 Å². The molecule has 2 unspecified atom stereocenters. The highest BCUT2D eigenvalue weighted by molar-refractivity contribution is 6.14. The molecule has 2 amide bonds. The molecule has 2 aliphatic rings. The molecule has 0 spiro atoms. The van der Waals surface area contributed by atoms with E-state index in [4.69, 9.17) is 4.74 Å². The second-order valence-corrected chi connectivity index (χ2v) is 9.52. The minimum Gasteiger partial charge on any atom is -0.454 e. The fourth-order valence-corrected chi connectivity index (χ4v) is 4.40. The first-order valence-electron chi connectivity index (χ1n) is 10.3. The highest BCUT2D eigenvalue weighted by atomic mass is 16.6. The summed E-state index contributed by atoms with van der Waals surface area (Å²) in [6.45, 7) is 9.27. The predicted molar refractivity (Wildman–Crippen MR) is 116 cm³/mol. The Hall–Kier alpha value is -3.46. The summed E-state index contributed by atoms with van der Waals surface area (Å²) in [5.74, 6) is -2.77. The summed E-state index contributed by atoms with van der Waals surface area (Å²) in [7, 11) is 0. The van der Waals surface area contributed by atoms with Crippen LogP contribution in [0, 0.1) is 10.1 Å². The number of hydrogen-bond acceptors (Lipinski definition) is 6. The number of fused-ring (bicyclic) bond motifs is 5. The largest absolute Gasteiger partial charge is 0.454 e. The van der Waals surface area contributed by atoms with Gasteiger partial charge in [-0.25, -0.2) is 4.79 Å². The topological polar surface area (TPSA) is 131 Å². The lowest BCUT2D eigenvalue weighted by molar-refractivity contribution is -0.385. The van der Waals surface area contributed by atoms with Crippen LogP contribution in [0.3, 0.4) is 0 Å². The number of nitrogens with one attached hydrogen (secondary N) is 2. The molecule has 2 atom stereocenters. The van der Waals surface area contributed by atoms with Crippen molar-refractivity contribution in [2.75, 3.05) is 0 Å². The zero-order valence-corrected chi connectivity index (χ0v) is 18.5. The fourth-order valence-electron chi connectivity index (χ4n) is 4.40. The number of benzene rings is 2. The maximum absolute atomic E-state index is 13.8. The van der Waals surface area contributed by atoms with Gasteiger partial charge >= 0.3 is 6.03 Å². The first-order valence-corrected chi connectivity index (χ1v) is 10.3. The first-order chi connectivity index (χ1) is 14.8. The van der Waals surface area contributed by atoms with E-state index in [1.165, 1.54) is 18.2 Å². The molecule has 0 fully saturated rings. The van der Waals surface area contributed by atoms with Gasteiger partial charge in [0.25, 0.3) is 11.5 Å². The number of Topliss-reactive ketones (excluding diaryl/α,β-unsaturated/α-hetero) is 1. The Bertz CT molecular complexity index is 1170. The van der Waals surface area contributed by atoms with Crippen molar-refractivity contribution in [3.8, 4) is 5.75 Å². The van der Waals surface area contributed by atoms with Gasteiger partial charge in [-0.15, -0.1) is 0 Å². The molecule has 168 valence electrons. The summed E-state index contributed by atoms with van der Waals surface area (Å²) in [6, 6.07) is 8.37. The number of urea groups is 1. The molecule has 1 aliphatic carbocycles. The van der Waals surface area contributed by atoms with Gasteiger partial charge in [0.1, 0.15) is 11.3 Å². The van der Waals surface area contributed by atoms with Crippen LogP contribution in [0.1, 0.15) is 67.6 Å². The van der Waals surface area contributed by atoms with Gasteiger partial charge in [-0.2, -0.15) is 0 Å². The maximum atomic E-state index is 13.8.